The minimum Gasteiger partial charge on any atom is -0.378 e. The van der Waals surface area contributed by atoms with Crippen LogP contribution in [0.5, 0.6) is 0 Å². The number of rotatable bonds is 4. The average molecular weight is 266 g/mol. The average Bonchev–Trinajstić information content (AvgIpc) is 2.42. The number of nitrogens with two attached hydrogens (primary N) is 1. The van der Waals surface area contributed by atoms with Crippen LogP contribution < -0.4 is 5.73 Å². The molecule has 0 aromatic carbocycles. The first-order valence-corrected chi connectivity index (χ1v) is 8.37. The normalized spacial score (nSPS) is 43.6. The van der Waals surface area contributed by atoms with Crippen LogP contribution >= 0.6 is 0 Å². The van der Waals surface area contributed by atoms with Gasteiger partial charge in [0.1, 0.15) is 0 Å². The van der Waals surface area contributed by atoms with Crippen molar-refractivity contribution in [2.45, 2.75) is 76.0 Å². The fraction of sp³-hybridized carbons (Fsp3) is 1.00. The minimum absolute atomic E-state index is 0.278. The Morgan fingerprint density at radius 2 is 1.89 bits per heavy atom. The molecule has 2 saturated carbocycles. The van der Waals surface area contributed by atoms with Gasteiger partial charge in [0.15, 0.2) is 0 Å². The standard InChI is InChI=1S/C16H30N2O/c1-2-19-14-10-16(11-14,12-17)18-9-5-7-13-6-3-4-8-15(13)18/h13-15H,2-12,17H2,1H3. The highest BCUT2D eigenvalue weighted by Gasteiger charge is 2.52. The monoisotopic (exact) mass is 266 g/mol. The van der Waals surface area contributed by atoms with Gasteiger partial charge < -0.3 is 10.5 Å². The van der Waals surface area contributed by atoms with Gasteiger partial charge >= 0.3 is 0 Å². The van der Waals surface area contributed by atoms with E-state index in [-0.39, 0.29) is 5.54 Å². The van der Waals surface area contributed by atoms with Gasteiger partial charge in [-0.1, -0.05) is 12.8 Å². The lowest BCUT2D eigenvalue weighted by Crippen LogP contribution is -2.68. The van der Waals surface area contributed by atoms with Crippen LogP contribution in [0.2, 0.25) is 0 Å². The Balaban J connectivity index is 1.68. The van der Waals surface area contributed by atoms with Crippen molar-refractivity contribution in [1.29, 1.82) is 0 Å². The maximum atomic E-state index is 6.18. The highest BCUT2D eigenvalue weighted by atomic mass is 16.5. The van der Waals surface area contributed by atoms with Crippen LogP contribution in [0, 0.1) is 5.92 Å². The highest BCUT2D eigenvalue weighted by Crippen LogP contribution is 2.46. The molecule has 110 valence electrons. The lowest BCUT2D eigenvalue weighted by Gasteiger charge is -2.59. The Bertz CT molecular complexity index is 299. The van der Waals surface area contributed by atoms with E-state index in [0.717, 1.165) is 25.1 Å². The molecule has 3 rings (SSSR count). The van der Waals surface area contributed by atoms with Crippen molar-refractivity contribution in [3.05, 3.63) is 0 Å². The van der Waals surface area contributed by atoms with Gasteiger partial charge in [-0.25, -0.2) is 0 Å². The quantitative estimate of drug-likeness (QED) is 0.850. The molecule has 3 heteroatoms. The van der Waals surface area contributed by atoms with Crippen molar-refractivity contribution in [2.75, 3.05) is 19.7 Å². The van der Waals surface area contributed by atoms with Gasteiger partial charge in [-0.05, 0) is 57.9 Å². The predicted molar refractivity (Wildman–Crippen MR) is 78.1 cm³/mol. The molecule has 1 saturated heterocycles. The van der Waals surface area contributed by atoms with Gasteiger partial charge in [-0.2, -0.15) is 0 Å². The first kappa shape index (κ1) is 13.8. The van der Waals surface area contributed by atoms with Gasteiger partial charge in [-0.15, -0.1) is 0 Å². The van der Waals surface area contributed by atoms with Crippen molar-refractivity contribution < 1.29 is 4.74 Å². The molecule has 0 aromatic heterocycles. The summed E-state index contributed by atoms with van der Waals surface area (Å²) >= 11 is 0. The Labute approximate surface area is 117 Å². The topological polar surface area (TPSA) is 38.5 Å². The van der Waals surface area contributed by atoms with Gasteiger partial charge in [-0.3, -0.25) is 4.90 Å². The number of nitrogens with zero attached hydrogens (tertiary/aromatic N) is 1. The molecule has 2 N–H and O–H groups in total. The van der Waals surface area contributed by atoms with Crippen LogP contribution in [0.25, 0.3) is 0 Å². The maximum absolute atomic E-state index is 6.18. The molecule has 19 heavy (non-hydrogen) atoms. The van der Waals surface area contributed by atoms with E-state index in [9.17, 15) is 0 Å². The van der Waals surface area contributed by atoms with Crippen molar-refractivity contribution in [3.63, 3.8) is 0 Å². The number of piperidine rings is 1. The smallest absolute Gasteiger partial charge is 0.0611 e. The van der Waals surface area contributed by atoms with E-state index in [1.165, 1.54) is 57.9 Å². The van der Waals surface area contributed by atoms with E-state index in [0.29, 0.717) is 6.10 Å². The Kier molecular flexibility index (Phi) is 4.16. The predicted octanol–water partition coefficient (Wildman–Crippen LogP) is 2.54. The van der Waals surface area contributed by atoms with Crippen LogP contribution in [-0.2, 0) is 4.74 Å². The van der Waals surface area contributed by atoms with Gasteiger partial charge in [0.2, 0.25) is 0 Å². The van der Waals surface area contributed by atoms with Crippen LogP contribution in [-0.4, -0.2) is 42.3 Å². The zero-order valence-electron chi connectivity index (χ0n) is 12.4. The van der Waals surface area contributed by atoms with Crippen LogP contribution in [0.15, 0.2) is 0 Å². The molecule has 1 heterocycles. The third kappa shape index (κ3) is 2.45. The maximum Gasteiger partial charge on any atom is 0.0611 e. The molecule has 3 fully saturated rings. The van der Waals surface area contributed by atoms with Gasteiger partial charge in [0.25, 0.3) is 0 Å². The van der Waals surface area contributed by atoms with Gasteiger partial charge in [0.05, 0.1) is 6.10 Å². The summed E-state index contributed by atoms with van der Waals surface area (Å²) in [6.07, 6.45) is 11.4. The molecule has 0 radical (unpaired) electrons. The second-order valence-corrected chi connectivity index (χ2v) is 6.86. The summed E-state index contributed by atoms with van der Waals surface area (Å²) in [6.45, 7) is 5.04. The second-order valence-electron chi connectivity index (χ2n) is 6.86. The zero-order chi connectivity index (χ0) is 13.3. The largest absolute Gasteiger partial charge is 0.378 e. The Hall–Kier alpha value is -0.120. The summed E-state index contributed by atoms with van der Waals surface area (Å²) in [5.74, 6) is 0.956. The summed E-state index contributed by atoms with van der Waals surface area (Å²) in [5.41, 5.74) is 6.46. The van der Waals surface area contributed by atoms with E-state index in [1.807, 2.05) is 0 Å². The molecule has 3 aliphatic rings. The fourth-order valence-corrected chi connectivity index (χ4v) is 4.87. The van der Waals surface area contributed by atoms with Crippen molar-refractivity contribution >= 4 is 0 Å². The van der Waals surface area contributed by atoms with Crippen molar-refractivity contribution in [1.82, 2.24) is 4.90 Å². The van der Waals surface area contributed by atoms with E-state index < -0.39 is 0 Å². The molecular formula is C16H30N2O. The Morgan fingerprint density at radius 1 is 1.16 bits per heavy atom. The van der Waals surface area contributed by atoms with E-state index in [1.54, 1.807) is 0 Å². The van der Waals surface area contributed by atoms with Crippen molar-refractivity contribution in [2.24, 2.45) is 11.7 Å². The second kappa shape index (κ2) is 5.71. The lowest BCUT2D eigenvalue weighted by atomic mass is 9.68. The molecule has 0 spiro atoms. The number of hydrogen-bond donors (Lipinski definition) is 1. The summed E-state index contributed by atoms with van der Waals surface area (Å²) in [7, 11) is 0. The molecule has 1 aliphatic heterocycles. The molecule has 2 atom stereocenters. The first-order valence-electron chi connectivity index (χ1n) is 8.37. The van der Waals surface area contributed by atoms with Crippen LogP contribution in [0.4, 0.5) is 0 Å². The summed E-state index contributed by atoms with van der Waals surface area (Å²) in [6, 6.07) is 0.827. The van der Waals surface area contributed by atoms with E-state index in [2.05, 4.69) is 11.8 Å². The minimum atomic E-state index is 0.278. The number of fused-ring (bicyclic) bond motifs is 1. The molecule has 2 unspecified atom stereocenters. The molecule has 0 aromatic rings. The van der Waals surface area contributed by atoms with E-state index in [4.69, 9.17) is 10.5 Å². The van der Waals surface area contributed by atoms with Crippen molar-refractivity contribution in [3.8, 4) is 0 Å². The molecule has 0 amide bonds. The molecular weight excluding hydrogens is 236 g/mol. The summed E-state index contributed by atoms with van der Waals surface area (Å²) < 4.78 is 5.78. The zero-order valence-corrected chi connectivity index (χ0v) is 12.4. The number of hydrogen-bond acceptors (Lipinski definition) is 3. The third-order valence-corrected chi connectivity index (χ3v) is 5.85. The number of ether oxygens (including phenoxy) is 1. The summed E-state index contributed by atoms with van der Waals surface area (Å²) in [5, 5.41) is 0. The van der Waals surface area contributed by atoms with Crippen LogP contribution in [0.1, 0.15) is 58.3 Å². The Morgan fingerprint density at radius 3 is 2.63 bits per heavy atom. The number of likely N-dealkylation sites (tertiary alicyclic amines) is 1. The summed E-state index contributed by atoms with van der Waals surface area (Å²) in [4.78, 5) is 2.82. The third-order valence-electron chi connectivity index (χ3n) is 5.85. The van der Waals surface area contributed by atoms with Crippen LogP contribution in [0.3, 0.4) is 0 Å². The van der Waals surface area contributed by atoms with Gasteiger partial charge in [0, 0.05) is 24.7 Å². The SMILES string of the molecule is CCOC1CC(CN)(N2CCCC3CCCCC32)C1. The highest BCUT2D eigenvalue weighted by molar-refractivity contribution is 5.08. The van der Waals surface area contributed by atoms with E-state index >= 15 is 0 Å². The lowest BCUT2D eigenvalue weighted by molar-refractivity contribution is -0.134. The first-order chi connectivity index (χ1) is 9.29. The molecule has 0 bridgehead atoms. The molecule has 3 nitrogen and oxygen atoms in total. The fourth-order valence-electron chi connectivity index (χ4n) is 4.87. The molecule has 2 aliphatic carbocycles.